The Hall–Kier alpha value is -1.29. The minimum atomic E-state index is -4.30. The Balaban J connectivity index is 2.39. The van der Waals surface area contributed by atoms with Crippen LogP contribution < -0.4 is 0 Å². The molecular weight excluding hydrogens is 444 g/mol. The highest BCUT2D eigenvalue weighted by molar-refractivity contribution is 7.85. The number of allylic oxidation sites excluding steroid dienone is 1. The fraction of sp³-hybridized carbons (Fsp3) is 0.833. The normalized spacial score (nSPS) is 15.7. The van der Waals surface area contributed by atoms with Crippen LogP contribution in [0.25, 0.3) is 0 Å². The van der Waals surface area contributed by atoms with E-state index in [9.17, 15) is 23.4 Å². The summed E-state index contributed by atoms with van der Waals surface area (Å²) in [7, 11) is -4.30. The van der Waals surface area contributed by atoms with E-state index >= 15 is 0 Å². The molecule has 3 N–H and O–H groups in total. The van der Waals surface area contributed by atoms with Gasteiger partial charge in [0, 0.05) is 0 Å². The van der Waals surface area contributed by atoms with Crippen molar-refractivity contribution in [2.24, 2.45) is 0 Å². The summed E-state index contributed by atoms with van der Waals surface area (Å²) >= 11 is 0. The van der Waals surface area contributed by atoms with Crippen LogP contribution in [0.5, 0.6) is 0 Å². The van der Waals surface area contributed by atoms with Crippen LogP contribution in [-0.4, -0.2) is 88.9 Å². The number of aliphatic hydroxyl groups is 2. The standard InChI is InChI=1S/C24H44N2O6S/c1-2-3-4-5-6-7-8-9-10-11-12-13-14-15-23(29)24-25(18-19-27)16-17-26(24)20-22(28)21-33(30,31)32/h14-15,22,27-28H,2-13,16-21H2,1H3/p+1/b15-14+. The molecule has 33 heavy (non-hydrogen) atoms. The molecule has 0 aromatic rings. The lowest BCUT2D eigenvalue weighted by atomic mass is 10.1. The van der Waals surface area contributed by atoms with Crippen molar-refractivity contribution in [3.8, 4) is 0 Å². The van der Waals surface area contributed by atoms with Gasteiger partial charge in [-0.25, -0.2) is 0 Å². The molecule has 1 heterocycles. The first-order chi connectivity index (χ1) is 15.8. The molecule has 9 heteroatoms. The highest BCUT2D eigenvalue weighted by Crippen LogP contribution is 2.12. The van der Waals surface area contributed by atoms with Crippen LogP contribution in [0.2, 0.25) is 0 Å². The number of hydrogen-bond donors (Lipinski definition) is 3. The second-order valence-corrected chi connectivity index (χ2v) is 10.5. The molecule has 192 valence electrons. The second-order valence-electron chi connectivity index (χ2n) is 8.97. The predicted molar refractivity (Wildman–Crippen MR) is 131 cm³/mol. The minimum absolute atomic E-state index is 0.0742. The zero-order valence-electron chi connectivity index (χ0n) is 20.3. The van der Waals surface area contributed by atoms with Crippen LogP contribution in [0.1, 0.15) is 84.0 Å². The van der Waals surface area contributed by atoms with Crippen LogP contribution in [0.4, 0.5) is 0 Å². The molecule has 1 rings (SSSR count). The predicted octanol–water partition coefficient (Wildman–Crippen LogP) is 2.78. The molecule has 1 atom stereocenters. The Bertz CT molecular complexity index is 720. The van der Waals surface area contributed by atoms with E-state index in [1.165, 1.54) is 63.9 Å². The van der Waals surface area contributed by atoms with Crippen LogP contribution in [0, 0.1) is 0 Å². The molecule has 0 radical (unpaired) electrons. The minimum Gasteiger partial charge on any atom is -0.392 e. The summed E-state index contributed by atoms with van der Waals surface area (Å²) in [6, 6.07) is 0. The van der Waals surface area contributed by atoms with Crippen molar-refractivity contribution >= 4 is 21.7 Å². The van der Waals surface area contributed by atoms with Crippen molar-refractivity contribution in [2.45, 2.75) is 90.1 Å². The lowest BCUT2D eigenvalue weighted by Gasteiger charge is -2.11. The molecule has 0 spiro atoms. The van der Waals surface area contributed by atoms with Gasteiger partial charge in [-0.1, -0.05) is 77.2 Å². The van der Waals surface area contributed by atoms with E-state index < -0.39 is 22.0 Å². The van der Waals surface area contributed by atoms with Gasteiger partial charge in [0.1, 0.15) is 38.0 Å². The van der Waals surface area contributed by atoms with Gasteiger partial charge in [0.25, 0.3) is 15.9 Å². The van der Waals surface area contributed by atoms with Gasteiger partial charge in [-0.05, 0) is 18.9 Å². The van der Waals surface area contributed by atoms with Crippen molar-refractivity contribution in [3.63, 3.8) is 0 Å². The number of ketones is 1. The SMILES string of the molecule is CCCCCCCCCCCCC/C=C/C(=O)C1=[N+](CC(O)CS(=O)(=O)O)CCN1CCO. The molecule has 1 aliphatic rings. The highest BCUT2D eigenvalue weighted by atomic mass is 32.2. The average molecular weight is 490 g/mol. The maximum absolute atomic E-state index is 12.8. The topological polar surface area (TPSA) is 118 Å². The molecule has 0 aliphatic carbocycles. The van der Waals surface area contributed by atoms with Gasteiger partial charge in [0.05, 0.1) is 6.61 Å². The summed E-state index contributed by atoms with van der Waals surface area (Å²) < 4.78 is 32.5. The summed E-state index contributed by atoms with van der Waals surface area (Å²) in [6.45, 7) is 3.29. The second kappa shape index (κ2) is 17.2. The Morgan fingerprint density at radius 3 is 2.18 bits per heavy atom. The largest absolute Gasteiger partial charge is 0.392 e. The number of carbonyl (C=O) groups excluding carboxylic acids is 1. The van der Waals surface area contributed by atoms with E-state index in [4.69, 9.17) is 4.55 Å². The molecule has 0 aromatic carbocycles. The van der Waals surface area contributed by atoms with E-state index in [-0.39, 0.29) is 18.9 Å². The van der Waals surface area contributed by atoms with Crippen LogP contribution in [0.3, 0.4) is 0 Å². The number of nitrogens with zero attached hydrogens (tertiary/aromatic N) is 2. The van der Waals surface area contributed by atoms with Crippen LogP contribution in [-0.2, 0) is 14.9 Å². The Labute approximate surface area is 200 Å². The third-order valence-electron chi connectivity index (χ3n) is 5.91. The Morgan fingerprint density at radius 1 is 1.06 bits per heavy atom. The maximum Gasteiger partial charge on any atom is 0.320 e. The number of β-amino-alcohol motifs (C(OH)–C–C–N with tert-alkyl or cyclic N) is 2. The van der Waals surface area contributed by atoms with E-state index in [0.29, 0.717) is 25.5 Å². The third kappa shape index (κ3) is 13.9. The van der Waals surface area contributed by atoms with Crippen LogP contribution in [0.15, 0.2) is 12.2 Å². The van der Waals surface area contributed by atoms with Gasteiger partial charge >= 0.3 is 5.84 Å². The number of rotatable bonds is 20. The zero-order valence-corrected chi connectivity index (χ0v) is 21.1. The monoisotopic (exact) mass is 489 g/mol. The van der Waals surface area contributed by atoms with E-state index in [1.807, 2.05) is 6.08 Å². The quantitative estimate of drug-likeness (QED) is 0.104. The Morgan fingerprint density at radius 2 is 1.64 bits per heavy atom. The summed E-state index contributed by atoms with van der Waals surface area (Å²) in [6.07, 6.45) is 16.9. The third-order valence-corrected chi connectivity index (χ3v) is 6.71. The lowest BCUT2D eigenvalue weighted by Crippen LogP contribution is -2.39. The van der Waals surface area contributed by atoms with Gasteiger partial charge in [0.15, 0.2) is 0 Å². The fourth-order valence-electron chi connectivity index (χ4n) is 4.22. The molecule has 0 fully saturated rings. The van der Waals surface area contributed by atoms with Crippen LogP contribution >= 0.6 is 0 Å². The molecular formula is C24H45N2O6S+. The first kappa shape index (κ1) is 29.7. The summed E-state index contributed by atoms with van der Waals surface area (Å²) in [5.41, 5.74) is 0. The Kier molecular flexibility index (Phi) is 15.5. The molecule has 8 nitrogen and oxygen atoms in total. The zero-order chi connectivity index (χ0) is 24.5. The maximum atomic E-state index is 12.8. The van der Waals surface area contributed by atoms with Gasteiger partial charge in [-0.15, -0.1) is 0 Å². The number of amidine groups is 1. The number of carbonyl (C=O) groups is 1. The molecule has 0 amide bonds. The summed E-state index contributed by atoms with van der Waals surface area (Å²) in [5.74, 6) is -0.642. The lowest BCUT2D eigenvalue weighted by molar-refractivity contribution is -0.525. The van der Waals surface area contributed by atoms with Crippen molar-refractivity contribution in [2.75, 3.05) is 38.5 Å². The molecule has 0 saturated carbocycles. The average Bonchev–Trinajstić information content (AvgIpc) is 3.12. The van der Waals surface area contributed by atoms with Crippen molar-refractivity contribution in [1.82, 2.24) is 4.90 Å². The summed E-state index contributed by atoms with van der Waals surface area (Å²) in [5, 5.41) is 19.3. The number of hydrogen-bond acceptors (Lipinski definition) is 6. The smallest absolute Gasteiger partial charge is 0.320 e. The van der Waals surface area contributed by atoms with Crippen molar-refractivity contribution in [1.29, 1.82) is 0 Å². The van der Waals surface area contributed by atoms with Crippen molar-refractivity contribution in [3.05, 3.63) is 12.2 Å². The molecule has 0 saturated heterocycles. The first-order valence-corrected chi connectivity index (χ1v) is 14.2. The van der Waals surface area contributed by atoms with Gasteiger partial charge in [0.2, 0.25) is 0 Å². The number of aliphatic hydroxyl groups excluding tert-OH is 2. The number of unbranched alkanes of at least 4 members (excludes halogenated alkanes) is 11. The highest BCUT2D eigenvalue weighted by Gasteiger charge is 2.35. The van der Waals surface area contributed by atoms with Gasteiger partial charge in [-0.2, -0.15) is 8.42 Å². The fourth-order valence-corrected chi connectivity index (χ4v) is 4.81. The molecule has 0 bridgehead atoms. The van der Waals surface area contributed by atoms with Crippen molar-refractivity contribution < 1.29 is 32.6 Å². The molecule has 0 aromatic heterocycles. The summed E-state index contributed by atoms with van der Waals surface area (Å²) in [4.78, 5) is 14.5. The van der Waals surface area contributed by atoms with E-state index in [1.54, 1.807) is 9.48 Å². The molecule has 1 aliphatic heterocycles. The molecule has 1 unspecified atom stereocenters. The van der Waals surface area contributed by atoms with E-state index in [2.05, 4.69) is 6.92 Å². The van der Waals surface area contributed by atoms with E-state index in [0.717, 1.165) is 19.3 Å². The first-order valence-electron chi connectivity index (χ1n) is 12.6. The van der Waals surface area contributed by atoms with Gasteiger partial charge in [-0.3, -0.25) is 18.8 Å². The van der Waals surface area contributed by atoms with Gasteiger partial charge < -0.3 is 10.2 Å².